The molecule has 1 aromatic carbocycles. The minimum absolute atomic E-state index is 0.776. The number of benzene rings is 1. The molecule has 17 heavy (non-hydrogen) atoms. The smallest absolute Gasteiger partial charge is 0.379 e. The van der Waals surface area contributed by atoms with E-state index in [0.717, 1.165) is 18.3 Å². The highest BCUT2D eigenvalue weighted by atomic mass is 28.3. The summed E-state index contributed by atoms with van der Waals surface area (Å²) in [5.74, 6) is 1.72. The van der Waals surface area contributed by atoms with Gasteiger partial charge in [-0.15, -0.1) is 0 Å². The first-order chi connectivity index (χ1) is 8.34. The molecule has 0 radical (unpaired) electrons. The van der Waals surface area contributed by atoms with Crippen molar-refractivity contribution in [3.8, 4) is 5.75 Å². The minimum atomic E-state index is -1.50. The lowest BCUT2D eigenvalue weighted by Crippen LogP contribution is -2.26. The van der Waals surface area contributed by atoms with Crippen molar-refractivity contribution in [2.24, 2.45) is 5.92 Å². The Kier molecular flexibility index (Phi) is 5.07. The molecular formula is C14H22O2Si. The van der Waals surface area contributed by atoms with Crippen molar-refractivity contribution in [2.75, 3.05) is 6.61 Å². The molecule has 1 aromatic rings. The number of para-hydroxylation sites is 1. The molecule has 0 N–H and O–H groups in total. The van der Waals surface area contributed by atoms with Gasteiger partial charge >= 0.3 is 9.28 Å². The summed E-state index contributed by atoms with van der Waals surface area (Å²) in [6.45, 7) is 3.01. The van der Waals surface area contributed by atoms with Gasteiger partial charge in [-0.2, -0.15) is 0 Å². The molecule has 1 aliphatic carbocycles. The van der Waals surface area contributed by atoms with Crippen LogP contribution in [0.25, 0.3) is 0 Å². The molecule has 2 rings (SSSR count). The first-order valence-electron chi connectivity index (χ1n) is 6.68. The monoisotopic (exact) mass is 250 g/mol. The van der Waals surface area contributed by atoms with Crippen LogP contribution in [0.5, 0.6) is 5.75 Å². The van der Waals surface area contributed by atoms with Gasteiger partial charge in [0.1, 0.15) is 5.75 Å². The van der Waals surface area contributed by atoms with Crippen molar-refractivity contribution in [1.82, 2.24) is 0 Å². The van der Waals surface area contributed by atoms with Gasteiger partial charge in [0.2, 0.25) is 0 Å². The highest BCUT2D eigenvalue weighted by Crippen LogP contribution is 2.24. The molecule has 0 spiro atoms. The second-order valence-electron chi connectivity index (χ2n) is 4.84. The van der Waals surface area contributed by atoms with E-state index in [9.17, 15) is 0 Å². The maximum absolute atomic E-state index is 5.90. The van der Waals surface area contributed by atoms with Crippen LogP contribution >= 0.6 is 0 Å². The minimum Gasteiger partial charge on any atom is -0.522 e. The summed E-state index contributed by atoms with van der Waals surface area (Å²) < 4.78 is 11.7. The van der Waals surface area contributed by atoms with Gasteiger partial charge in [-0.3, -0.25) is 0 Å². The van der Waals surface area contributed by atoms with Crippen molar-refractivity contribution < 1.29 is 8.85 Å². The molecule has 0 aliphatic heterocycles. The van der Waals surface area contributed by atoms with E-state index in [-0.39, 0.29) is 0 Å². The van der Waals surface area contributed by atoms with Gasteiger partial charge in [0, 0.05) is 6.61 Å². The van der Waals surface area contributed by atoms with Crippen LogP contribution in [0.4, 0.5) is 0 Å². The molecular weight excluding hydrogens is 228 g/mol. The Morgan fingerprint density at radius 1 is 1.12 bits per heavy atom. The topological polar surface area (TPSA) is 18.5 Å². The van der Waals surface area contributed by atoms with Gasteiger partial charge in [-0.05, 0) is 37.4 Å². The Morgan fingerprint density at radius 3 is 2.53 bits per heavy atom. The molecule has 1 aliphatic rings. The molecule has 0 heterocycles. The van der Waals surface area contributed by atoms with Crippen LogP contribution in [0, 0.1) is 5.92 Å². The van der Waals surface area contributed by atoms with E-state index in [0.29, 0.717) is 0 Å². The van der Waals surface area contributed by atoms with Gasteiger partial charge in [-0.1, -0.05) is 37.5 Å². The molecule has 0 amide bonds. The van der Waals surface area contributed by atoms with Crippen LogP contribution in [0.2, 0.25) is 6.55 Å². The molecule has 1 unspecified atom stereocenters. The third kappa shape index (κ3) is 4.52. The fourth-order valence-electron chi connectivity index (χ4n) is 2.35. The largest absolute Gasteiger partial charge is 0.522 e. The van der Waals surface area contributed by atoms with E-state index >= 15 is 0 Å². The average molecular weight is 250 g/mol. The van der Waals surface area contributed by atoms with Crippen molar-refractivity contribution in [2.45, 2.75) is 38.7 Å². The maximum atomic E-state index is 5.90. The molecule has 1 atom stereocenters. The van der Waals surface area contributed by atoms with Gasteiger partial charge < -0.3 is 8.85 Å². The van der Waals surface area contributed by atoms with Crippen LogP contribution in [0.3, 0.4) is 0 Å². The lowest BCUT2D eigenvalue weighted by molar-refractivity contribution is 0.187. The van der Waals surface area contributed by atoms with Crippen LogP contribution < -0.4 is 4.43 Å². The number of hydrogen-bond acceptors (Lipinski definition) is 2. The predicted molar refractivity (Wildman–Crippen MR) is 72.6 cm³/mol. The molecule has 2 nitrogen and oxygen atoms in total. The first kappa shape index (κ1) is 12.6. The Balaban J connectivity index is 1.68. The summed E-state index contributed by atoms with van der Waals surface area (Å²) in [4.78, 5) is 0. The summed E-state index contributed by atoms with van der Waals surface area (Å²) >= 11 is 0. The van der Waals surface area contributed by atoms with E-state index in [4.69, 9.17) is 8.85 Å². The second-order valence-corrected chi connectivity index (χ2v) is 6.54. The molecule has 1 fully saturated rings. The van der Waals surface area contributed by atoms with Crippen LogP contribution in [0.1, 0.15) is 32.1 Å². The van der Waals surface area contributed by atoms with Crippen molar-refractivity contribution in [3.63, 3.8) is 0 Å². The van der Waals surface area contributed by atoms with E-state index < -0.39 is 9.28 Å². The zero-order chi connectivity index (χ0) is 11.9. The second kappa shape index (κ2) is 6.82. The lowest BCUT2D eigenvalue weighted by atomic mass is 9.90. The number of rotatable bonds is 5. The summed E-state index contributed by atoms with van der Waals surface area (Å²) in [5.41, 5.74) is 0. The number of hydrogen-bond donors (Lipinski definition) is 0. The standard InChI is InChI=1S/C14H22O2Si/c1-17(16-14-10-6-3-7-11-14)15-12-13-8-4-2-5-9-13/h3,6-7,10-11,13,17H,2,4-5,8-9,12H2,1H3. The summed E-state index contributed by atoms with van der Waals surface area (Å²) in [6, 6.07) is 9.98. The normalized spacial score (nSPS) is 18.9. The Morgan fingerprint density at radius 2 is 1.82 bits per heavy atom. The maximum Gasteiger partial charge on any atom is 0.379 e. The third-order valence-corrected chi connectivity index (χ3v) is 4.60. The lowest BCUT2D eigenvalue weighted by Gasteiger charge is -2.23. The van der Waals surface area contributed by atoms with E-state index in [1.54, 1.807) is 0 Å². The quantitative estimate of drug-likeness (QED) is 0.745. The Labute approximate surface area is 106 Å². The summed E-state index contributed by atoms with van der Waals surface area (Å²) in [6.07, 6.45) is 6.84. The van der Waals surface area contributed by atoms with Gasteiger partial charge in [0.05, 0.1) is 0 Å². The summed E-state index contributed by atoms with van der Waals surface area (Å²) in [5, 5.41) is 0. The zero-order valence-corrected chi connectivity index (χ0v) is 11.8. The summed E-state index contributed by atoms with van der Waals surface area (Å²) in [7, 11) is -1.50. The van der Waals surface area contributed by atoms with E-state index in [2.05, 4.69) is 6.55 Å². The Bertz CT molecular complexity index is 309. The molecule has 3 heteroatoms. The van der Waals surface area contributed by atoms with Crippen molar-refractivity contribution in [1.29, 1.82) is 0 Å². The molecule has 0 aromatic heterocycles. The van der Waals surface area contributed by atoms with E-state index in [1.165, 1.54) is 32.1 Å². The molecule has 94 valence electrons. The Hall–Kier alpha value is -0.803. The molecule has 0 saturated heterocycles. The third-order valence-electron chi connectivity index (χ3n) is 3.34. The van der Waals surface area contributed by atoms with Gasteiger partial charge in [-0.25, -0.2) is 0 Å². The highest BCUT2D eigenvalue weighted by Gasteiger charge is 2.16. The van der Waals surface area contributed by atoms with Crippen LogP contribution in [-0.2, 0) is 4.43 Å². The molecule has 0 bridgehead atoms. The zero-order valence-electron chi connectivity index (χ0n) is 10.6. The van der Waals surface area contributed by atoms with Crippen molar-refractivity contribution in [3.05, 3.63) is 30.3 Å². The van der Waals surface area contributed by atoms with Crippen LogP contribution in [0.15, 0.2) is 30.3 Å². The van der Waals surface area contributed by atoms with Crippen molar-refractivity contribution >= 4 is 9.28 Å². The fraction of sp³-hybridized carbons (Fsp3) is 0.571. The highest BCUT2D eigenvalue weighted by molar-refractivity contribution is 6.43. The molecule has 1 saturated carbocycles. The SMILES string of the molecule is C[SiH](OCC1CCCCC1)Oc1ccccc1. The fourth-order valence-corrected chi connectivity index (χ4v) is 3.50. The van der Waals surface area contributed by atoms with E-state index in [1.807, 2.05) is 30.3 Å². The average Bonchev–Trinajstić information content (AvgIpc) is 2.39. The van der Waals surface area contributed by atoms with Gasteiger partial charge in [0.15, 0.2) is 0 Å². The van der Waals surface area contributed by atoms with Crippen LogP contribution in [-0.4, -0.2) is 15.9 Å². The van der Waals surface area contributed by atoms with Gasteiger partial charge in [0.25, 0.3) is 0 Å². The predicted octanol–water partition coefficient (Wildman–Crippen LogP) is 3.51. The first-order valence-corrected chi connectivity index (χ1v) is 8.77.